The van der Waals surface area contributed by atoms with E-state index in [-0.39, 0.29) is 23.9 Å². The molecule has 0 aromatic heterocycles. The van der Waals surface area contributed by atoms with Crippen molar-refractivity contribution in [2.24, 2.45) is 0 Å². The Kier molecular flexibility index (Phi) is 6.19. The van der Waals surface area contributed by atoms with Gasteiger partial charge in [-0.15, -0.1) is 0 Å². The first kappa shape index (κ1) is 18.3. The summed E-state index contributed by atoms with van der Waals surface area (Å²) < 4.78 is 31.7. The Morgan fingerprint density at radius 1 is 1.08 bits per heavy atom. The minimum Gasteiger partial charge on any atom is -0.496 e. The molecule has 2 aromatic carbocycles. The van der Waals surface area contributed by atoms with Crippen LogP contribution < -0.4 is 14.8 Å². The molecule has 0 heterocycles. The number of para-hydroxylation sites is 1. The van der Waals surface area contributed by atoms with Gasteiger partial charge in [0.15, 0.2) is 0 Å². The molecular formula is C16H17ClN2O4S. The average Bonchev–Trinajstić information content (AvgIpc) is 2.59. The number of benzene rings is 2. The van der Waals surface area contributed by atoms with Gasteiger partial charge in [0.2, 0.25) is 10.0 Å². The summed E-state index contributed by atoms with van der Waals surface area (Å²) in [5, 5.41) is 3.10. The zero-order valence-corrected chi connectivity index (χ0v) is 14.5. The van der Waals surface area contributed by atoms with Crippen molar-refractivity contribution in [2.45, 2.75) is 4.90 Å². The standard InChI is InChI=1S/C16H17ClN2O4S/c1-23-15-5-3-2-4-14(15)16(20)18-10-11-19-24(21,22)13-8-6-12(17)7-9-13/h2-9,19H,10-11H2,1H3,(H,18,20). The third kappa shape index (κ3) is 4.70. The number of ether oxygens (including phenoxy) is 1. The van der Waals surface area contributed by atoms with Crippen molar-refractivity contribution < 1.29 is 17.9 Å². The number of nitrogens with one attached hydrogen (secondary N) is 2. The predicted octanol–water partition coefficient (Wildman–Crippen LogP) is 2.06. The average molecular weight is 369 g/mol. The van der Waals surface area contributed by atoms with Crippen LogP contribution in [0.25, 0.3) is 0 Å². The third-order valence-electron chi connectivity index (χ3n) is 3.18. The molecule has 0 unspecified atom stereocenters. The highest BCUT2D eigenvalue weighted by atomic mass is 35.5. The van der Waals surface area contributed by atoms with Crippen LogP contribution in [-0.4, -0.2) is 34.5 Å². The molecule has 0 saturated heterocycles. The molecule has 2 N–H and O–H groups in total. The topological polar surface area (TPSA) is 84.5 Å². The van der Waals surface area contributed by atoms with Crippen LogP contribution in [0.15, 0.2) is 53.4 Å². The number of carbonyl (C=O) groups excluding carboxylic acids is 1. The fourth-order valence-electron chi connectivity index (χ4n) is 1.99. The third-order valence-corrected chi connectivity index (χ3v) is 4.91. The summed E-state index contributed by atoms with van der Waals surface area (Å²) in [6, 6.07) is 12.6. The zero-order valence-electron chi connectivity index (χ0n) is 13.0. The van der Waals surface area contributed by atoms with Gasteiger partial charge in [-0.1, -0.05) is 23.7 Å². The van der Waals surface area contributed by atoms with Crippen molar-refractivity contribution in [3.63, 3.8) is 0 Å². The minimum atomic E-state index is -3.64. The lowest BCUT2D eigenvalue weighted by Crippen LogP contribution is -2.34. The highest BCUT2D eigenvalue weighted by Gasteiger charge is 2.14. The number of rotatable bonds is 7. The molecule has 0 spiro atoms. The molecule has 0 aliphatic heterocycles. The lowest BCUT2D eigenvalue weighted by Gasteiger charge is -2.10. The summed E-state index contributed by atoms with van der Waals surface area (Å²) >= 11 is 5.73. The monoisotopic (exact) mass is 368 g/mol. The molecule has 24 heavy (non-hydrogen) atoms. The van der Waals surface area contributed by atoms with Gasteiger partial charge in [0, 0.05) is 18.1 Å². The van der Waals surface area contributed by atoms with Crippen molar-refractivity contribution >= 4 is 27.5 Å². The number of carbonyl (C=O) groups is 1. The lowest BCUT2D eigenvalue weighted by molar-refractivity contribution is 0.0951. The van der Waals surface area contributed by atoms with E-state index >= 15 is 0 Å². The molecule has 0 aliphatic carbocycles. The van der Waals surface area contributed by atoms with Gasteiger partial charge >= 0.3 is 0 Å². The number of hydrogen-bond acceptors (Lipinski definition) is 4. The van der Waals surface area contributed by atoms with Crippen LogP contribution in [-0.2, 0) is 10.0 Å². The highest BCUT2D eigenvalue weighted by molar-refractivity contribution is 7.89. The van der Waals surface area contributed by atoms with E-state index in [0.29, 0.717) is 16.3 Å². The van der Waals surface area contributed by atoms with Crippen molar-refractivity contribution in [1.29, 1.82) is 0 Å². The van der Waals surface area contributed by atoms with Crippen LogP contribution in [0.5, 0.6) is 5.75 Å². The Morgan fingerprint density at radius 2 is 1.75 bits per heavy atom. The molecule has 2 rings (SSSR count). The van der Waals surface area contributed by atoms with Crippen molar-refractivity contribution in [2.75, 3.05) is 20.2 Å². The van der Waals surface area contributed by atoms with Crippen LogP contribution in [0, 0.1) is 0 Å². The number of sulfonamides is 1. The van der Waals surface area contributed by atoms with Gasteiger partial charge in [-0.25, -0.2) is 13.1 Å². The Morgan fingerprint density at radius 3 is 2.42 bits per heavy atom. The summed E-state index contributed by atoms with van der Waals surface area (Å²) in [5.41, 5.74) is 0.389. The fraction of sp³-hybridized carbons (Fsp3) is 0.188. The summed E-state index contributed by atoms with van der Waals surface area (Å²) in [7, 11) is -2.16. The fourth-order valence-corrected chi connectivity index (χ4v) is 3.14. The maximum Gasteiger partial charge on any atom is 0.255 e. The summed E-state index contributed by atoms with van der Waals surface area (Å²) in [6.07, 6.45) is 0. The second kappa shape index (κ2) is 8.14. The molecule has 0 radical (unpaired) electrons. The summed E-state index contributed by atoms with van der Waals surface area (Å²) in [5.74, 6) is 0.120. The van der Waals surface area contributed by atoms with Crippen LogP contribution in [0.1, 0.15) is 10.4 Å². The maximum absolute atomic E-state index is 12.1. The van der Waals surface area contributed by atoms with Crippen molar-refractivity contribution in [1.82, 2.24) is 10.0 Å². The van der Waals surface area contributed by atoms with Gasteiger partial charge in [0.25, 0.3) is 5.91 Å². The molecule has 0 bridgehead atoms. The van der Waals surface area contributed by atoms with E-state index in [2.05, 4.69) is 10.0 Å². The van der Waals surface area contributed by atoms with Gasteiger partial charge < -0.3 is 10.1 Å². The molecular weight excluding hydrogens is 352 g/mol. The Hall–Kier alpha value is -2.09. The summed E-state index contributed by atoms with van der Waals surface area (Å²) in [4.78, 5) is 12.2. The number of methoxy groups -OCH3 is 1. The molecule has 8 heteroatoms. The van der Waals surface area contributed by atoms with Crippen LogP contribution in [0.4, 0.5) is 0 Å². The Balaban J connectivity index is 1.88. The van der Waals surface area contributed by atoms with Crippen LogP contribution in [0.2, 0.25) is 5.02 Å². The van der Waals surface area contributed by atoms with Gasteiger partial charge in [-0.2, -0.15) is 0 Å². The molecule has 128 valence electrons. The second-order valence-electron chi connectivity index (χ2n) is 4.81. The van der Waals surface area contributed by atoms with Crippen LogP contribution in [0.3, 0.4) is 0 Å². The molecule has 0 fully saturated rings. The van der Waals surface area contributed by atoms with E-state index < -0.39 is 10.0 Å². The van der Waals surface area contributed by atoms with E-state index in [1.54, 1.807) is 24.3 Å². The molecule has 0 saturated carbocycles. The molecule has 0 atom stereocenters. The quantitative estimate of drug-likeness (QED) is 0.732. The van der Waals surface area contributed by atoms with Gasteiger partial charge in [-0.3, -0.25) is 4.79 Å². The SMILES string of the molecule is COc1ccccc1C(=O)NCCNS(=O)(=O)c1ccc(Cl)cc1. The van der Waals surface area contributed by atoms with E-state index in [0.717, 1.165) is 0 Å². The van der Waals surface area contributed by atoms with E-state index in [1.807, 2.05) is 0 Å². The van der Waals surface area contributed by atoms with Crippen molar-refractivity contribution in [3.8, 4) is 5.75 Å². The second-order valence-corrected chi connectivity index (χ2v) is 7.01. The summed E-state index contributed by atoms with van der Waals surface area (Å²) in [6.45, 7) is 0.204. The van der Waals surface area contributed by atoms with E-state index in [9.17, 15) is 13.2 Å². The smallest absolute Gasteiger partial charge is 0.255 e. The van der Waals surface area contributed by atoms with Crippen LogP contribution >= 0.6 is 11.6 Å². The lowest BCUT2D eigenvalue weighted by atomic mass is 10.2. The van der Waals surface area contributed by atoms with Gasteiger partial charge in [0.1, 0.15) is 5.75 Å². The molecule has 0 aliphatic rings. The van der Waals surface area contributed by atoms with Gasteiger partial charge in [-0.05, 0) is 36.4 Å². The predicted molar refractivity (Wildman–Crippen MR) is 92.0 cm³/mol. The zero-order chi connectivity index (χ0) is 17.6. The number of hydrogen-bond donors (Lipinski definition) is 2. The Bertz CT molecular complexity index is 807. The Labute approximate surface area is 145 Å². The highest BCUT2D eigenvalue weighted by Crippen LogP contribution is 2.16. The first-order valence-electron chi connectivity index (χ1n) is 7.10. The normalized spacial score (nSPS) is 11.1. The first-order valence-corrected chi connectivity index (χ1v) is 8.96. The molecule has 1 amide bonds. The van der Waals surface area contributed by atoms with E-state index in [4.69, 9.17) is 16.3 Å². The molecule has 2 aromatic rings. The number of amides is 1. The van der Waals surface area contributed by atoms with Gasteiger partial charge in [0.05, 0.1) is 17.6 Å². The van der Waals surface area contributed by atoms with Crippen molar-refractivity contribution in [3.05, 3.63) is 59.1 Å². The number of halogens is 1. The van der Waals surface area contributed by atoms with E-state index in [1.165, 1.54) is 31.4 Å². The largest absolute Gasteiger partial charge is 0.496 e. The maximum atomic E-state index is 12.1. The minimum absolute atomic E-state index is 0.0614. The molecule has 6 nitrogen and oxygen atoms in total. The first-order chi connectivity index (χ1) is 11.4.